The quantitative estimate of drug-likeness (QED) is 0.691. The molecular formula is C11H12FN5O2. The number of hydrogen-bond acceptors (Lipinski definition) is 5. The van der Waals surface area contributed by atoms with Gasteiger partial charge in [-0.05, 0) is 12.1 Å². The highest BCUT2D eigenvalue weighted by atomic mass is 19.1. The molecule has 1 heterocycles. The molecule has 7 nitrogen and oxygen atoms in total. The summed E-state index contributed by atoms with van der Waals surface area (Å²) in [5.41, 5.74) is 5.66. The summed E-state index contributed by atoms with van der Waals surface area (Å²) in [4.78, 5) is 11.8. The lowest BCUT2D eigenvalue weighted by Gasteiger charge is -2.03. The van der Waals surface area contributed by atoms with Crippen LogP contribution in [0.3, 0.4) is 0 Å². The summed E-state index contributed by atoms with van der Waals surface area (Å²) in [6.07, 6.45) is 1.44. The number of anilines is 1. The standard InChI is InChI=1S/C11H12FN5O2/c12-8-5-7(1-2-10(8)18)14-11(19)9-6-17(4-3-13)16-15-9/h1-2,5-6,18H,3-4,13H2,(H,14,19). The van der Waals surface area contributed by atoms with E-state index in [1.165, 1.54) is 16.9 Å². The van der Waals surface area contributed by atoms with Crippen molar-refractivity contribution in [2.24, 2.45) is 5.73 Å². The van der Waals surface area contributed by atoms with E-state index in [1.807, 2.05) is 0 Å². The predicted octanol–water partition coefficient (Wildman–Crippen LogP) is 0.334. The van der Waals surface area contributed by atoms with E-state index >= 15 is 0 Å². The first kappa shape index (κ1) is 13.0. The number of carbonyl (C=O) groups excluding carboxylic acids is 1. The summed E-state index contributed by atoms with van der Waals surface area (Å²) in [5, 5.41) is 18.9. The van der Waals surface area contributed by atoms with Gasteiger partial charge in [0.1, 0.15) is 0 Å². The van der Waals surface area contributed by atoms with Crippen LogP contribution in [0.1, 0.15) is 10.5 Å². The van der Waals surface area contributed by atoms with Crippen molar-refractivity contribution < 1.29 is 14.3 Å². The molecule has 1 aromatic carbocycles. The summed E-state index contributed by atoms with van der Waals surface area (Å²) in [6, 6.07) is 3.54. The second-order valence-corrected chi connectivity index (χ2v) is 3.78. The number of phenols is 1. The Morgan fingerprint density at radius 2 is 2.32 bits per heavy atom. The number of aromatic hydroxyl groups is 1. The molecule has 1 amide bonds. The Hall–Kier alpha value is -2.48. The number of hydrogen-bond donors (Lipinski definition) is 3. The number of nitrogens with one attached hydrogen (secondary N) is 1. The molecule has 100 valence electrons. The van der Waals surface area contributed by atoms with E-state index in [-0.39, 0.29) is 11.4 Å². The lowest BCUT2D eigenvalue weighted by Crippen LogP contribution is -2.13. The number of carbonyl (C=O) groups is 1. The molecule has 0 aliphatic heterocycles. The van der Waals surface area contributed by atoms with Gasteiger partial charge in [-0.2, -0.15) is 0 Å². The molecule has 19 heavy (non-hydrogen) atoms. The molecule has 0 aliphatic rings. The van der Waals surface area contributed by atoms with Crippen molar-refractivity contribution in [3.63, 3.8) is 0 Å². The highest BCUT2D eigenvalue weighted by Gasteiger charge is 2.12. The van der Waals surface area contributed by atoms with E-state index in [1.54, 1.807) is 0 Å². The molecule has 4 N–H and O–H groups in total. The fraction of sp³-hybridized carbons (Fsp3) is 0.182. The summed E-state index contributed by atoms with van der Waals surface area (Å²) < 4.78 is 14.5. The lowest BCUT2D eigenvalue weighted by molar-refractivity contribution is 0.102. The van der Waals surface area contributed by atoms with Crippen molar-refractivity contribution in [1.29, 1.82) is 0 Å². The molecule has 2 aromatic rings. The second-order valence-electron chi connectivity index (χ2n) is 3.78. The number of nitrogens with zero attached hydrogens (tertiary/aromatic N) is 3. The van der Waals surface area contributed by atoms with Gasteiger partial charge in [-0.25, -0.2) is 4.39 Å². The van der Waals surface area contributed by atoms with Gasteiger partial charge in [0.2, 0.25) is 0 Å². The topological polar surface area (TPSA) is 106 Å². The number of amides is 1. The minimum atomic E-state index is -0.815. The molecule has 0 fully saturated rings. The van der Waals surface area contributed by atoms with Crippen LogP contribution in [0.25, 0.3) is 0 Å². The maximum Gasteiger partial charge on any atom is 0.277 e. The van der Waals surface area contributed by atoms with Crippen molar-refractivity contribution >= 4 is 11.6 Å². The van der Waals surface area contributed by atoms with Crippen LogP contribution in [0.5, 0.6) is 5.75 Å². The zero-order chi connectivity index (χ0) is 13.8. The molecule has 2 rings (SSSR count). The number of aromatic nitrogens is 3. The Kier molecular flexibility index (Phi) is 3.71. The largest absolute Gasteiger partial charge is 0.505 e. The van der Waals surface area contributed by atoms with Gasteiger partial charge in [0, 0.05) is 18.3 Å². The fourth-order valence-electron chi connectivity index (χ4n) is 1.42. The highest BCUT2D eigenvalue weighted by molar-refractivity contribution is 6.02. The second kappa shape index (κ2) is 5.44. The van der Waals surface area contributed by atoms with Crippen LogP contribution in [0.15, 0.2) is 24.4 Å². The maximum atomic E-state index is 13.1. The Bertz CT molecular complexity index is 599. The van der Waals surface area contributed by atoms with Crippen molar-refractivity contribution in [3.05, 3.63) is 35.9 Å². The van der Waals surface area contributed by atoms with Crippen LogP contribution >= 0.6 is 0 Å². The summed E-state index contributed by atoms with van der Waals surface area (Å²) in [6.45, 7) is 0.835. The van der Waals surface area contributed by atoms with Crippen LogP contribution in [0.2, 0.25) is 0 Å². The van der Waals surface area contributed by atoms with E-state index in [0.29, 0.717) is 13.1 Å². The average molecular weight is 265 g/mol. The normalized spacial score (nSPS) is 10.4. The van der Waals surface area contributed by atoms with Crippen LogP contribution < -0.4 is 11.1 Å². The fourth-order valence-corrected chi connectivity index (χ4v) is 1.42. The predicted molar refractivity (Wildman–Crippen MR) is 65.1 cm³/mol. The first-order valence-corrected chi connectivity index (χ1v) is 5.50. The molecular weight excluding hydrogens is 253 g/mol. The minimum Gasteiger partial charge on any atom is -0.505 e. The lowest BCUT2D eigenvalue weighted by atomic mass is 10.3. The molecule has 0 atom stereocenters. The first-order chi connectivity index (χ1) is 9.10. The monoisotopic (exact) mass is 265 g/mol. The van der Waals surface area contributed by atoms with Gasteiger partial charge >= 0.3 is 0 Å². The Morgan fingerprint density at radius 1 is 1.53 bits per heavy atom. The third kappa shape index (κ3) is 3.05. The number of nitrogens with two attached hydrogens (primary N) is 1. The van der Waals surface area contributed by atoms with Gasteiger partial charge < -0.3 is 16.2 Å². The average Bonchev–Trinajstić information content (AvgIpc) is 2.83. The number of benzene rings is 1. The molecule has 0 unspecified atom stereocenters. The van der Waals surface area contributed by atoms with Gasteiger partial charge in [-0.3, -0.25) is 9.48 Å². The molecule has 0 aliphatic carbocycles. The van der Waals surface area contributed by atoms with E-state index in [0.717, 1.165) is 12.1 Å². The number of halogens is 1. The highest BCUT2D eigenvalue weighted by Crippen LogP contribution is 2.19. The SMILES string of the molecule is NCCn1cc(C(=O)Nc2ccc(O)c(F)c2)nn1. The van der Waals surface area contributed by atoms with Gasteiger partial charge in [-0.1, -0.05) is 5.21 Å². The van der Waals surface area contributed by atoms with E-state index in [2.05, 4.69) is 15.6 Å². The van der Waals surface area contributed by atoms with Crippen molar-refractivity contribution in [2.75, 3.05) is 11.9 Å². The number of rotatable bonds is 4. The van der Waals surface area contributed by atoms with Crippen molar-refractivity contribution in [3.8, 4) is 5.75 Å². The zero-order valence-corrected chi connectivity index (χ0v) is 9.88. The Labute approximate surface area is 107 Å². The van der Waals surface area contributed by atoms with E-state index < -0.39 is 17.5 Å². The maximum absolute atomic E-state index is 13.1. The zero-order valence-electron chi connectivity index (χ0n) is 9.88. The van der Waals surface area contributed by atoms with Crippen LogP contribution in [0, 0.1) is 5.82 Å². The van der Waals surface area contributed by atoms with Gasteiger partial charge in [0.05, 0.1) is 12.7 Å². The van der Waals surface area contributed by atoms with Crippen molar-refractivity contribution in [1.82, 2.24) is 15.0 Å². The summed E-state index contributed by atoms with van der Waals surface area (Å²) in [5.74, 6) is -1.81. The smallest absolute Gasteiger partial charge is 0.277 e. The van der Waals surface area contributed by atoms with E-state index in [9.17, 15) is 9.18 Å². The molecule has 0 spiro atoms. The summed E-state index contributed by atoms with van der Waals surface area (Å²) in [7, 11) is 0. The molecule has 8 heteroatoms. The third-order valence-electron chi connectivity index (χ3n) is 2.34. The molecule has 0 radical (unpaired) electrons. The van der Waals surface area contributed by atoms with Gasteiger partial charge in [0.25, 0.3) is 5.91 Å². The third-order valence-corrected chi connectivity index (χ3v) is 2.34. The van der Waals surface area contributed by atoms with Crippen molar-refractivity contribution in [2.45, 2.75) is 6.54 Å². The molecule has 0 saturated carbocycles. The van der Waals surface area contributed by atoms with Gasteiger partial charge in [-0.15, -0.1) is 5.10 Å². The molecule has 0 saturated heterocycles. The minimum absolute atomic E-state index is 0.0990. The van der Waals surface area contributed by atoms with Crippen LogP contribution in [0.4, 0.5) is 10.1 Å². The van der Waals surface area contributed by atoms with E-state index in [4.69, 9.17) is 10.8 Å². The summed E-state index contributed by atoms with van der Waals surface area (Å²) >= 11 is 0. The first-order valence-electron chi connectivity index (χ1n) is 5.50. The van der Waals surface area contributed by atoms with Crippen LogP contribution in [-0.4, -0.2) is 32.6 Å². The van der Waals surface area contributed by atoms with Gasteiger partial charge in [0.15, 0.2) is 17.3 Å². The Balaban J connectivity index is 2.09. The molecule has 0 bridgehead atoms. The van der Waals surface area contributed by atoms with Crippen LogP contribution in [-0.2, 0) is 6.54 Å². The molecule has 1 aromatic heterocycles. The Morgan fingerprint density at radius 3 is 3.00 bits per heavy atom. The number of phenolic OH excluding ortho intramolecular Hbond substituents is 1.